The number of hydrogen-bond donors (Lipinski definition) is 2. The van der Waals surface area contributed by atoms with Crippen LogP contribution >= 0.6 is 11.6 Å². The van der Waals surface area contributed by atoms with Crippen molar-refractivity contribution in [1.29, 1.82) is 0 Å². The molecule has 0 aliphatic heterocycles. The maximum absolute atomic E-state index is 11.7. The van der Waals surface area contributed by atoms with Gasteiger partial charge < -0.3 is 19.9 Å². The predicted octanol–water partition coefficient (Wildman–Crippen LogP) is 2.72. The number of amides is 2. The molecule has 0 radical (unpaired) electrons. The molecule has 7 heteroatoms. The molecule has 0 saturated heterocycles. The lowest BCUT2D eigenvalue weighted by molar-refractivity contribution is -0.139. The van der Waals surface area contributed by atoms with Crippen LogP contribution in [0, 0.1) is 13.8 Å². The third kappa shape index (κ3) is 4.29. The van der Waals surface area contributed by atoms with Gasteiger partial charge in [-0.3, -0.25) is 4.79 Å². The molecule has 0 unspecified atom stereocenters. The van der Waals surface area contributed by atoms with Gasteiger partial charge in [-0.25, -0.2) is 4.79 Å². The van der Waals surface area contributed by atoms with Crippen molar-refractivity contribution < 1.29 is 14.3 Å². The number of ether oxygens (including phenoxy) is 1. The molecule has 128 valence electrons. The first-order valence-corrected chi connectivity index (χ1v) is 7.82. The number of methoxy groups -OCH3 is 1. The fourth-order valence-electron chi connectivity index (χ4n) is 2.48. The normalized spacial score (nSPS) is 10.3. The van der Waals surface area contributed by atoms with E-state index in [2.05, 4.69) is 19.9 Å². The van der Waals surface area contributed by atoms with Crippen molar-refractivity contribution in [3.05, 3.63) is 52.3 Å². The van der Waals surface area contributed by atoms with Gasteiger partial charge in [0.1, 0.15) is 6.54 Å². The maximum Gasteiger partial charge on any atom is 0.325 e. The Labute approximate surface area is 145 Å². The van der Waals surface area contributed by atoms with Gasteiger partial charge in [0.2, 0.25) is 0 Å². The number of aryl methyl sites for hydroxylation is 1. The first kappa shape index (κ1) is 17.9. The number of carbonyl (C=O) groups excluding carboxylic acids is 2. The van der Waals surface area contributed by atoms with Gasteiger partial charge in [0, 0.05) is 28.6 Å². The van der Waals surface area contributed by atoms with Crippen LogP contribution in [0.5, 0.6) is 0 Å². The SMILES string of the molecule is COC(=O)CNC(=O)NCc1cc(C)n(-c2cccc(Cl)c2)c1C. The average molecular weight is 350 g/mol. The molecule has 0 aliphatic rings. The highest BCUT2D eigenvalue weighted by molar-refractivity contribution is 6.30. The number of rotatable bonds is 5. The van der Waals surface area contributed by atoms with Crippen molar-refractivity contribution in [2.24, 2.45) is 0 Å². The van der Waals surface area contributed by atoms with Gasteiger partial charge in [0.15, 0.2) is 0 Å². The van der Waals surface area contributed by atoms with Crippen LogP contribution < -0.4 is 10.6 Å². The van der Waals surface area contributed by atoms with Gasteiger partial charge >= 0.3 is 12.0 Å². The predicted molar refractivity (Wildman–Crippen MR) is 92.5 cm³/mol. The van der Waals surface area contributed by atoms with E-state index >= 15 is 0 Å². The Bertz CT molecular complexity index is 756. The Morgan fingerprint density at radius 1 is 1.21 bits per heavy atom. The molecular weight excluding hydrogens is 330 g/mol. The van der Waals surface area contributed by atoms with E-state index in [1.165, 1.54) is 7.11 Å². The van der Waals surface area contributed by atoms with E-state index in [1.54, 1.807) is 0 Å². The van der Waals surface area contributed by atoms with Crippen molar-refractivity contribution in [2.45, 2.75) is 20.4 Å². The lowest BCUT2D eigenvalue weighted by atomic mass is 10.2. The summed E-state index contributed by atoms with van der Waals surface area (Å²) < 4.78 is 6.54. The van der Waals surface area contributed by atoms with Crippen LogP contribution in [0.2, 0.25) is 5.02 Å². The van der Waals surface area contributed by atoms with Crippen LogP contribution in [0.4, 0.5) is 4.79 Å². The van der Waals surface area contributed by atoms with E-state index in [1.807, 2.05) is 44.2 Å². The van der Waals surface area contributed by atoms with E-state index in [4.69, 9.17) is 11.6 Å². The largest absolute Gasteiger partial charge is 0.468 e. The first-order valence-electron chi connectivity index (χ1n) is 7.44. The minimum atomic E-state index is -0.496. The number of nitrogens with one attached hydrogen (secondary N) is 2. The highest BCUT2D eigenvalue weighted by Gasteiger charge is 2.12. The summed E-state index contributed by atoms with van der Waals surface area (Å²) in [5.41, 5.74) is 4.02. The van der Waals surface area contributed by atoms with Gasteiger partial charge in [-0.1, -0.05) is 17.7 Å². The Morgan fingerprint density at radius 2 is 1.96 bits per heavy atom. The second-order valence-corrected chi connectivity index (χ2v) is 5.76. The highest BCUT2D eigenvalue weighted by Crippen LogP contribution is 2.22. The Balaban J connectivity index is 2.06. The molecule has 1 aromatic carbocycles. The molecule has 2 rings (SSSR count). The molecule has 6 nitrogen and oxygen atoms in total. The molecule has 2 N–H and O–H groups in total. The summed E-state index contributed by atoms with van der Waals surface area (Å²) in [5, 5.41) is 5.83. The van der Waals surface area contributed by atoms with Crippen molar-refractivity contribution in [3.8, 4) is 5.69 Å². The van der Waals surface area contributed by atoms with E-state index < -0.39 is 12.0 Å². The van der Waals surface area contributed by atoms with E-state index in [-0.39, 0.29) is 6.54 Å². The van der Waals surface area contributed by atoms with Crippen LogP contribution in [0.1, 0.15) is 17.0 Å². The number of aromatic nitrogens is 1. The first-order chi connectivity index (χ1) is 11.4. The average Bonchev–Trinajstić information content (AvgIpc) is 2.84. The molecule has 0 aliphatic carbocycles. The van der Waals surface area contributed by atoms with E-state index in [0.717, 1.165) is 22.6 Å². The summed E-state index contributed by atoms with van der Waals surface area (Å²) in [7, 11) is 1.27. The Morgan fingerprint density at radius 3 is 2.62 bits per heavy atom. The number of carbonyl (C=O) groups is 2. The quantitative estimate of drug-likeness (QED) is 0.815. The summed E-state index contributed by atoms with van der Waals surface area (Å²) in [4.78, 5) is 22.7. The van der Waals surface area contributed by atoms with Crippen molar-refractivity contribution >= 4 is 23.6 Å². The number of halogens is 1. The topological polar surface area (TPSA) is 72.4 Å². The zero-order valence-electron chi connectivity index (χ0n) is 13.9. The summed E-state index contributed by atoms with van der Waals surface area (Å²) in [5.74, 6) is -0.496. The maximum atomic E-state index is 11.7. The molecule has 0 saturated carbocycles. The van der Waals surface area contributed by atoms with Crippen LogP contribution in [-0.2, 0) is 16.1 Å². The van der Waals surface area contributed by atoms with Gasteiger partial charge in [0.25, 0.3) is 0 Å². The minimum absolute atomic E-state index is 0.163. The van der Waals surface area contributed by atoms with Gasteiger partial charge in [-0.05, 0) is 43.7 Å². The van der Waals surface area contributed by atoms with Crippen LogP contribution in [-0.4, -0.2) is 30.2 Å². The van der Waals surface area contributed by atoms with Crippen molar-refractivity contribution in [3.63, 3.8) is 0 Å². The molecule has 0 bridgehead atoms. The zero-order chi connectivity index (χ0) is 17.7. The van der Waals surface area contributed by atoms with Gasteiger partial charge in [0.05, 0.1) is 7.11 Å². The minimum Gasteiger partial charge on any atom is -0.468 e. The van der Waals surface area contributed by atoms with Crippen LogP contribution in [0.25, 0.3) is 5.69 Å². The molecule has 2 aromatic rings. The van der Waals surface area contributed by atoms with E-state index in [0.29, 0.717) is 11.6 Å². The second kappa shape index (κ2) is 7.88. The summed E-state index contributed by atoms with van der Waals surface area (Å²) in [6, 6.07) is 9.18. The second-order valence-electron chi connectivity index (χ2n) is 5.32. The summed E-state index contributed by atoms with van der Waals surface area (Å²) in [6.07, 6.45) is 0. The number of hydrogen-bond acceptors (Lipinski definition) is 3. The third-order valence-electron chi connectivity index (χ3n) is 3.66. The molecule has 1 heterocycles. The molecule has 1 aromatic heterocycles. The molecule has 24 heavy (non-hydrogen) atoms. The van der Waals surface area contributed by atoms with E-state index in [9.17, 15) is 9.59 Å². The fraction of sp³-hybridized carbons (Fsp3) is 0.294. The lowest BCUT2D eigenvalue weighted by Gasteiger charge is -2.11. The summed E-state index contributed by atoms with van der Waals surface area (Å²) in [6.45, 7) is 4.17. The molecule has 2 amide bonds. The number of urea groups is 1. The lowest BCUT2D eigenvalue weighted by Crippen LogP contribution is -2.38. The highest BCUT2D eigenvalue weighted by atomic mass is 35.5. The number of esters is 1. The van der Waals surface area contributed by atoms with Crippen LogP contribution in [0.15, 0.2) is 30.3 Å². The third-order valence-corrected chi connectivity index (χ3v) is 3.90. The molecular formula is C17H20ClN3O3. The fourth-order valence-corrected chi connectivity index (χ4v) is 2.67. The van der Waals surface area contributed by atoms with Crippen LogP contribution in [0.3, 0.4) is 0 Å². The zero-order valence-corrected chi connectivity index (χ0v) is 14.6. The van der Waals surface area contributed by atoms with Gasteiger partial charge in [-0.15, -0.1) is 0 Å². The Kier molecular flexibility index (Phi) is 5.87. The molecule has 0 atom stereocenters. The molecule has 0 spiro atoms. The van der Waals surface area contributed by atoms with Gasteiger partial charge in [-0.2, -0.15) is 0 Å². The molecule has 0 fully saturated rings. The Hall–Kier alpha value is -2.47. The monoisotopic (exact) mass is 349 g/mol. The number of benzene rings is 1. The van der Waals surface area contributed by atoms with Crippen molar-refractivity contribution in [1.82, 2.24) is 15.2 Å². The smallest absolute Gasteiger partial charge is 0.325 e. The number of nitrogens with zero attached hydrogens (tertiary/aromatic N) is 1. The van der Waals surface area contributed by atoms with Crippen molar-refractivity contribution in [2.75, 3.05) is 13.7 Å². The summed E-state index contributed by atoms with van der Waals surface area (Å²) >= 11 is 6.06. The standard InChI is InChI=1S/C17H20ClN3O3/c1-11-7-13(9-19-17(23)20-10-16(22)24-3)12(2)21(11)15-6-4-5-14(18)8-15/h4-8H,9-10H2,1-3H3,(H2,19,20,23).